The van der Waals surface area contributed by atoms with Crippen molar-refractivity contribution < 1.29 is 14.4 Å². The van der Waals surface area contributed by atoms with Crippen LogP contribution < -0.4 is 10.2 Å². The van der Waals surface area contributed by atoms with E-state index in [9.17, 15) is 14.4 Å². The minimum atomic E-state index is -0.204. The number of unbranched alkanes of at least 4 members (excludes halogenated alkanes) is 5. The third-order valence-electron chi connectivity index (χ3n) is 4.23. The van der Waals surface area contributed by atoms with Crippen molar-refractivity contribution in [1.29, 1.82) is 0 Å². The second-order valence-corrected chi connectivity index (χ2v) is 6.20. The van der Waals surface area contributed by atoms with Crippen molar-refractivity contribution in [1.82, 2.24) is 5.32 Å². The maximum atomic E-state index is 12.2. The minimum absolute atomic E-state index is 0.162. The first-order valence-corrected chi connectivity index (χ1v) is 8.87. The van der Waals surface area contributed by atoms with Gasteiger partial charge in [-0.05, 0) is 24.6 Å². The number of hydrogen-bond donors (Lipinski definition) is 1. The van der Waals surface area contributed by atoms with Gasteiger partial charge in [-0.1, -0.05) is 45.1 Å². The molecule has 5 heteroatoms. The van der Waals surface area contributed by atoms with Crippen LogP contribution in [0.1, 0.15) is 68.6 Å². The summed E-state index contributed by atoms with van der Waals surface area (Å²) in [5.74, 6) is -0.571. The van der Waals surface area contributed by atoms with Crippen molar-refractivity contribution >= 4 is 23.4 Å². The van der Waals surface area contributed by atoms with Crippen molar-refractivity contribution in [3.63, 3.8) is 0 Å². The smallest absolute Gasteiger partial charge is 0.251 e. The van der Waals surface area contributed by atoms with Gasteiger partial charge in [0.2, 0.25) is 11.8 Å². The van der Waals surface area contributed by atoms with Gasteiger partial charge in [0.1, 0.15) is 0 Å². The summed E-state index contributed by atoms with van der Waals surface area (Å²) in [5, 5.41) is 2.90. The number of amides is 3. The van der Waals surface area contributed by atoms with Gasteiger partial charge >= 0.3 is 0 Å². The second kappa shape index (κ2) is 9.21. The van der Waals surface area contributed by atoms with Gasteiger partial charge in [-0.3, -0.25) is 19.3 Å². The summed E-state index contributed by atoms with van der Waals surface area (Å²) in [7, 11) is 0. The van der Waals surface area contributed by atoms with Gasteiger partial charge in [-0.25, -0.2) is 0 Å². The average Bonchev–Trinajstić information content (AvgIpc) is 2.92. The minimum Gasteiger partial charge on any atom is -0.352 e. The Kier molecular flexibility index (Phi) is 6.97. The Morgan fingerprint density at radius 2 is 1.71 bits per heavy atom. The number of carbonyl (C=O) groups is 3. The average molecular weight is 330 g/mol. The molecule has 5 nitrogen and oxygen atoms in total. The van der Waals surface area contributed by atoms with Crippen molar-refractivity contribution in [3.8, 4) is 0 Å². The molecule has 1 heterocycles. The third kappa shape index (κ3) is 4.91. The molecule has 2 rings (SSSR count). The summed E-state index contributed by atoms with van der Waals surface area (Å²) in [4.78, 5) is 37.0. The van der Waals surface area contributed by atoms with Crippen molar-refractivity contribution in [3.05, 3.63) is 29.8 Å². The number of hydrogen-bond acceptors (Lipinski definition) is 3. The van der Waals surface area contributed by atoms with Crippen LogP contribution in [0.4, 0.5) is 5.69 Å². The van der Waals surface area contributed by atoms with Gasteiger partial charge in [0, 0.05) is 24.9 Å². The molecule has 0 bridgehead atoms. The topological polar surface area (TPSA) is 66.5 Å². The molecule has 1 fully saturated rings. The van der Waals surface area contributed by atoms with Crippen LogP contribution in [0.5, 0.6) is 0 Å². The maximum absolute atomic E-state index is 12.2. The molecule has 0 unspecified atom stereocenters. The van der Waals surface area contributed by atoms with Crippen LogP contribution in [0.3, 0.4) is 0 Å². The Labute approximate surface area is 143 Å². The molecule has 1 saturated heterocycles. The van der Waals surface area contributed by atoms with E-state index in [1.807, 2.05) is 0 Å². The summed E-state index contributed by atoms with van der Waals surface area (Å²) < 4.78 is 0. The van der Waals surface area contributed by atoms with E-state index in [1.165, 1.54) is 30.6 Å². The van der Waals surface area contributed by atoms with Gasteiger partial charge in [-0.2, -0.15) is 0 Å². The van der Waals surface area contributed by atoms with E-state index in [4.69, 9.17) is 0 Å². The first kappa shape index (κ1) is 18.2. The zero-order valence-electron chi connectivity index (χ0n) is 14.3. The SMILES string of the molecule is CCCCCCCCNC(=O)c1cccc(N2C(=O)CCC2=O)c1. The van der Waals surface area contributed by atoms with E-state index in [0.29, 0.717) is 17.8 Å². The number of nitrogens with one attached hydrogen (secondary N) is 1. The predicted octanol–water partition coefficient (Wildman–Crippen LogP) is 3.43. The number of nitrogens with zero attached hydrogens (tertiary/aromatic N) is 1. The Morgan fingerprint density at radius 1 is 1.04 bits per heavy atom. The Hall–Kier alpha value is -2.17. The van der Waals surface area contributed by atoms with Crippen molar-refractivity contribution in [2.75, 3.05) is 11.4 Å². The highest BCUT2D eigenvalue weighted by Gasteiger charge is 2.30. The Bertz CT molecular complexity index is 582. The number of anilines is 1. The molecule has 0 spiro atoms. The highest BCUT2D eigenvalue weighted by atomic mass is 16.2. The van der Waals surface area contributed by atoms with Crippen LogP contribution in [0, 0.1) is 0 Å². The highest BCUT2D eigenvalue weighted by molar-refractivity contribution is 6.20. The number of carbonyl (C=O) groups excluding carboxylic acids is 3. The molecule has 0 aliphatic carbocycles. The van der Waals surface area contributed by atoms with Gasteiger partial charge < -0.3 is 5.32 Å². The molecule has 130 valence electrons. The van der Waals surface area contributed by atoms with Gasteiger partial charge in [0.25, 0.3) is 5.91 Å². The molecule has 0 atom stereocenters. The van der Waals surface area contributed by atoms with Gasteiger partial charge in [0.05, 0.1) is 5.69 Å². The first-order chi connectivity index (χ1) is 11.6. The van der Waals surface area contributed by atoms with Crippen LogP contribution in [0.15, 0.2) is 24.3 Å². The molecule has 0 saturated carbocycles. The van der Waals surface area contributed by atoms with Crippen LogP contribution in [-0.2, 0) is 9.59 Å². The van der Waals surface area contributed by atoms with Crippen LogP contribution in [0.2, 0.25) is 0 Å². The molecular formula is C19H26N2O3. The predicted molar refractivity (Wildman–Crippen MR) is 93.9 cm³/mol. The normalized spacial score (nSPS) is 14.3. The van der Waals surface area contributed by atoms with Gasteiger partial charge in [0.15, 0.2) is 0 Å². The molecule has 0 radical (unpaired) electrons. The molecular weight excluding hydrogens is 304 g/mol. The lowest BCUT2D eigenvalue weighted by atomic mass is 10.1. The van der Waals surface area contributed by atoms with E-state index >= 15 is 0 Å². The largest absolute Gasteiger partial charge is 0.352 e. The maximum Gasteiger partial charge on any atom is 0.251 e. The molecule has 3 amide bonds. The molecule has 24 heavy (non-hydrogen) atoms. The monoisotopic (exact) mass is 330 g/mol. The molecule has 1 aromatic rings. The van der Waals surface area contributed by atoms with Crippen molar-refractivity contribution in [2.45, 2.75) is 58.3 Å². The number of rotatable bonds is 9. The van der Waals surface area contributed by atoms with E-state index in [1.54, 1.807) is 24.3 Å². The van der Waals surface area contributed by atoms with Crippen molar-refractivity contribution in [2.24, 2.45) is 0 Å². The fourth-order valence-electron chi connectivity index (χ4n) is 2.86. The quantitative estimate of drug-likeness (QED) is 0.557. The lowest BCUT2D eigenvalue weighted by molar-refractivity contribution is -0.121. The van der Waals surface area contributed by atoms with Crippen LogP contribution >= 0.6 is 0 Å². The zero-order valence-corrected chi connectivity index (χ0v) is 14.3. The van der Waals surface area contributed by atoms with E-state index < -0.39 is 0 Å². The lowest BCUT2D eigenvalue weighted by Gasteiger charge is -2.14. The summed E-state index contributed by atoms with van der Waals surface area (Å²) >= 11 is 0. The summed E-state index contributed by atoms with van der Waals surface area (Å²) in [5.41, 5.74) is 0.959. The molecule has 1 aliphatic rings. The van der Waals surface area contributed by atoms with Gasteiger partial charge in [-0.15, -0.1) is 0 Å². The van der Waals surface area contributed by atoms with Crippen LogP contribution in [0.25, 0.3) is 0 Å². The Morgan fingerprint density at radius 3 is 2.42 bits per heavy atom. The highest BCUT2D eigenvalue weighted by Crippen LogP contribution is 2.23. The van der Waals surface area contributed by atoms with E-state index in [2.05, 4.69) is 12.2 Å². The van der Waals surface area contributed by atoms with E-state index in [-0.39, 0.29) is 30.6 Å². The first-order valence-electron chi connectivity index (χ1n) is 8.87. The number of benzene rings is 1. The third-order valence-corrected chi connectivity index (χ3v) is 4.23. The van der Waals surface area contributed by atoms with E-state index in [0.717, 1.165) is 12.8 Å². The molecule has 0 aromatic heterocycles. The fourth-order valence-corrected chi connectivity index (χ4v) is 2.86. The summed E-state index contributed by atoms with van der Waals surface area (Å²) in [6, 6.07) is 6.70. The summed E-state index contributed by atoms with van der Waals surface area (Å²) in [6.07, 6.45) is 7.54. The second-order valence-electron chi connectivity index (χ2n) is 6.20. The van der Waals surface area contributed by atoms with Crippen LogP contribution in [-0.4, -0.2) is 24.3 Å². The standard InChI is InChI=1S/C19H26N2O3/c1-2-3-4-5-6-7-13-20-19(24)15-9-8-10-16(14-15)21-17(22)11-12-18(21)23/h8-10,14H,2-7,11-13H2,1H3,(H,20,24). The zero-order chi connectivity index (χ0) is 17.4. The molecule has 1 aliphatic heterocycles. The molecule has 1 aromatic carbocycles. The molecule has 1 N–H and O–H groups in total. The Balaban J connectivity index is 1.83. The fraction of sp³-hybridized carbons (Fsp3) is 0.526. The number of imide groups is 1. The lowest BCUT2D eigenvalue weighted by Crippen LogP contribution is -2.29. The summed E-state index contributed by atoms with van der Waals surface area (Å²) in [6.45, 7) is 2.84.